The van der Waals surface area contributed by atoms with Crippen molar-refractivity contribution in [3.05, 3.63) is 50.0 Å². The van der Waals surface area contributed by atoms with Crippen LogP contribution in [0.4, 0.5) is 11.4 Å². The summed E-state index contributed by atoms with van der Waals surface area (Å²) in [7, 11) is 0. The Balaban J connectivity index is 2.32. The summed E-state index contributed by atoms with van der Waals surface area (Å²) >= 11 is 1.50. The van der Waals surface area contributed by atoms with E-state index < -0.39 is 4.92 Å². The lowest BCUT2D eigenvalue weighted by Gasteiger charge is -2.14. The van der Waals surface area contributed by atoms with Crippen LogP contribution >= 0.6 is 11.3 Å². The molecule has 1 unspecified atom stereocenters. The minimum absolute atomic E-state index is 0.0888. The lowest BCUT2D eigenvalue weighted by atomic mass is 10.1. The summed E-state index contributed by atoms with van der Waals surface area (Å²) in [5, 5.41) is 23.0. The molecule has 1 heterocycles. The average Bonchev–Trinajstić information content (AvgIpc) is 2.85. The molecule has 2 rings (SSSR count). The Bertz CT molecular complexity index is 690. The number of nitro benzene ring substituents is 1. The van der Waals surface area contributed by atoms with Crippen molar-refractivity contribution in [2.45, 2.75) is 19.9 Å². The van der Waals surface area contributed by atoms with Crippen molar-refractivity contribution in [3.8, 4) is 6.07 Å². The van der Waals surface area contributed by atoms with Gasteiger partial charge >= 0.3 is 0 Å². The van der Waals surface area contributed by atoms with Crippen LogP contribution in [-0.2, 0) is 0 Å². The van der Waals surface area contributed by atoms with E-state index in [0.29, 0.717) is 5.69 Å². The van der Waals surface area contributed by atoms with E-state index in [1.807, 2.05) is 19.9 Å². The van der Waals surface area contributed by atoms with Crippen molar-refractivity contribution in [1.82, 2.24) is 4.98 Å². The molecule has 0 fully saturated rings. The Morgan fingerprint density at radius 2 is 2.30 bits per heavy atom. The van der Waals surface area contributed by atoms with Crippen LogP contribution in [0.1, 0.15) is 29.1 Å². The number of benzene rings is 1. The maximum atomic E-state index is 11.1. The molecule has 20 heavy (non-hydrogen) atoms. The number of hydrogen-bond donors (Lipinski definition) is 1. The molecule has 102 valence electrons. The molecule has 1 atom stereocenters. The van der Waals surface area contributed by atoms with E-state index in [9.17, 15) is 10.1 Å². The van der Waals surface area contributed by atoms with Gasteiger partial charge in [-0.1, -0.05) is 0 Å². The first kappa shape index (κ1) is 14.0. The van der Waals surface area contributed by atoms with Gasteiger partial charge in [-0.05, 0) is 26.0 Å². The first-order valence-electron chi connectivity index (χ1n) is 5.88. The summed E-state index contributed by atoms with van der Waals surface area (Å²) < 4.78 is 0. The number of rotatable bonds is 4. The summed E-state index contributed by atoms with van der Waals surface area (Å²) in [6.07, 6.45) is 0. The standard InChI is InChI=1S/C13H12N4O2S/c1-8-13(20-7-15-8)9(2)16-11-4-3-10(6-14)5-12(11)17(18)19/h3-5,7,9,16H,1-2H3. The van der Waals surface area contributed by atoms with Gasteiger partial charge in [0.2, 0.25) is 0 Å². The van der Waals surface area contributed by atoms with Gasteiger partial charge in [-0.2, -0.15) is 5.26 Å². The van der Waals surface area contributed by atoms with E-state index in [0.717, 1.165) is 10.6 Å². The second-order valence-corrected chi connectivity index (χ2v) is 5.16. The van der Waals surface area contributed by atoms with Gasteiger partial charge in [-0.3, -0.25) is 10.1 Å². The first-order chi connectivity index (χ1) is 9.52. The molecule has 0 amide bonds. The average molecular weight is 288 g/mol. The molecule has 7 heteroatoms. The van der Waals surface area contributed by atoms with Gasteiger partial charge in [0.25, 0.3) is 5.69 Å². The van der Waals surface area contributed by atoms with Crippen LogP contribution in [0, 0.1) is 28.4 Å². The van der Waals surface area contributed by atoms with Crippen LogP contribution in [0.3, 0.4) is 0 Å². The molecule has 1 N–H and O–H groups in total. The SMILES string of the molecule is Cc1ncsc1C(C)Nc1ccc(C#N)cc1[N+](=O)[O-]. The zero-order chi connectivity index (χ0) is 14.7. The Labute approximate surface area is 119 Å². The van der Waals surface area contributed by atoms with Crippen molar-refractivity contribution in [2.24, 2.45) is 0 Å². The number of nitriles is 1. The Morgan fingerprint density at radius 3 is 2.85 bits per heavy atom. The molecule has 0 spiro atoms. The third kappa shape index (κ3) is 2.75. The second kappa shape index (κ2) is 5.67. The molecule has 1 aromatic heterocycles. The molecule has 0 saturated heterocycles. The van der Waals surface area contributed by atoms with E-state index >= 15 is 0 Å². The monoisotopic (exact) mass is 288 g/mol. The van der Waals surface area contributed by atoms with E-state index in [2.05, 4.69) is 10.3 Å². The van der Waals surface area contributed by atoms with Gasteiger partial charge in [0.15, 0.2) is 0 Å². The smallest absolute Gasteiger partial charge is 0.293 e. The summed E-state index contributed by atoms with van der Waals surface area (Å²) in [5.74, 6) is 0. The predicted octanol–water partition coefficient (Wildman–Crippen LogP) is 3.40. The molecular formula is C13H12N4O2S. The van der Waals surface area contributed by atoms with Gasteiger partial charge in [-0.15, -0.1) is 11.3 Å². The molecule has 1 aromatic carbocycles. The van der Waals surface area contributed by atoms with E-state index in [1.165, 1.54) is 17.4 Å². The van der Waals surface area contributed by atoms with E-state index in [4.69, 9.17) is 5.26 Å². The zero-order valence-corrected chi connectivity index (χ0v) is 11.8. The molecule has 6 nitrogen and oxygen atoms in total. The molecule has 2 aromatic rings. The van der Waals surface area contributed by atoms with Gasteiger partial charge < -0.3 is 5.32 Å². The molecule has 0 aliphatic heterocycles. The number of anilines is 1. The van der Waals surface area contributed by atoms with Crippen LogP contribution in [0.15, 0.2) is 23.7 Å². The fraction of sp³-hybridized carbons (Fsp3) is 0.231. The van der Waals surface area contributed by atoms with Crippen LogP contribution in [0.25, 0.3) is 0 Å². The summed E-state index contributed by atoms with van der Waals surface area (Å²) in [5.41, 5.74) is 3.22. The van der Waals surface area contributed by atoms with Crippen molar-refractivity contribution in [3.63, 3.8) is 0 Å². The number of nitro groups is 1. The minimum Gasteiger partial charge on any atom is -0.372 e. The van der Waals surface area contributed by atoms with Gasteiger partial charge in [0.05, 0.1) is 33.8 Å². The lowest BCUT2D eigenvalue weighted by molar-refractivity contribution is -0.384. The largest absolute Gasteiger partial charge is 0.372 e. The number of nitrogens with zero attached hydrogens (tertiary/aromatic N) is 3. The number of hydrogen-bond acceptors (Lipinski definition) is 6. The fourth-order valence-corrected chi connectivity index (χ4v) is 2.71. The van der Waals surface area contributed by atoms with Crippen LogP contribution in [0.5, 0.6) is 0 Å². The highest BCUT2D eigenvalue weighted by Gasteiger charge is 2.18. The van der Waals surface area contributed by atoms with Crippen LogP contribution in [0.2, 0.25) is 0 Å². The highest BCUT2D eigenvalue weighted by molar-refractivity contribution is 7.09. The Morgan fingerprint density at radius 1 is 1.55 bits per heavy atom. The van der Waals surface area contributed by atoms with E-state index in [-0.39, 0.29) is 17.3 Å². The maximum absolute atomic E-state index is 11.1. The van der Waals surface area contributed by atoms with Crippen molar-refractivity contribution < 1.29 is 4.92 Å². The molecule has 0 aliphatic carbocycles. The lowest BCUT2D eigenvalue weighted by Crippen LogP contribution is -2.08. The topological polar surface area (TPSA) is 91.8 Å². The summed E-state index contributed by atoms with van der Waals surface area (Å²) in [4.78, 5) is 15.8. The highest BCUT2D eigenvalue weighted by atomic mass is 32.1. The fourth-order valence-electron chi connectivity index (χ4n) is 1.90. The highest BCUT2D eigenvalue weighted by Crippen LogP contribution is 2.31. The summed E-state index contributed by atoms with van der Waals surface area (Å²) in [6.45, 7) is 3.82. The van der Waals surface area contributed by atoms with Gasteiger partial charge in [0, 0.05) is 10.9 Å². The van der Waals surface area contributed by atoms with Crippen molar-refractivity contribution >= 4 is 22.7 Å². The van der Waals surface area contributed by atoms with Gasteiger partial charge in [0.1, 0.15) is 5.69 Å². The van der Waals surface area contributed by atoms with Crippen LogP contribution < -0.4 is 5.32 Å². The first-order valence-corrected chi connectivity index (χ1v) is 6.76. The number of aryl methyl sites for hydroxylation is 1. The number of thiazole rings is 1. The van der Waals surface area contributed by atoms with Gasteiger partial charge in [-0.25, -0.2) is 4.98 Å². The zero-order valence-electron chi connectivity index (χ0n) is 11.0. The molecular weight excluding hydrogens is 276 g/mol. The number of nitrogens with one attached hydrogen (secondary N) is 1. The van der Waals surface area contributed by atoms with Crippen LogP contribution in [-0.4, -0.2) is 9.91 Å². The second-order valence-electron chi connectivity index (χ2n) is 4.27. The molecule has 0 bridgehead atoms. The maximum Gasteiger partial charge on any atom is 0.293 e. The third-order valence-electron chi connectivity index (χ3n) is 2.87. The molecule has 0 saturated carbocycles. The number of aromatic nitrogens is 1. The quantitative estimate of drug-likeness (QED) is 0.687. The molecule has 0 radical (unpaired) electrons. The van der Waals surface area contributed by atoms with Crippen molar-refractivity contribution in [1.29, 1.82) is 5.26 Å². The predicted molar refractivity (Wildman–Crippen MR) is 76.7 cm³/mol. The third-order valence-corrected chi connectivity index (χ3v) is 3.99. The normalized spacial score (nSPS) is 11.7. The molecule has 0 aliphatic rings. The minimum atomic E-state index is -0.491. The Kier molecular flexibility index (Phi) is 3.96. The van der Waals surface area contributed by atoms with Crippen molar-refractivity contribution in [2.75, 3.05) is 5.32 Å². The van der Waals surface area contributed by atoms with E-state index in [1.54, 1.807) is 17.6 Å². The Hall–Kier alpha value is -2.46. The summed E-state index contributed by atoms with van der Waals surface area (Å²) in [6, 6.07) is 6.20.